The second kappa shape index (κ2) is 30.1. The first-order valence-corrected chi connectivity index (χ1v) is 30.4. The summed E-state index contributed by atoms with van der Waals surface area (Å²) in [4.78, 5) is 50.8. The number of aliphatic hydroxyl groups excluding tert-OH is 1. The lowest BCUT2D eigenvalue weighted by Crippen LogP contribution is -2.47. The first-order valence-electron chi connectivity index (χ1n) is 27.7. The van der Waals surface area contributed by atoms with Gasteiger partial charge < -0.3 is 30.5 Å². The Hall–Kier alpha value is -6.92. The molecule has 1 fully saturated rings. The number of aliphatic hydroxyl groups is 2. The van der Waals surface area contributed by atoms with Crippen molar-refractivity contribution in [2.75, 3.05) is 23.9 Å². The highest BCUT2D eigenvalue weighted by Gasteiger charge is 2.76. The number of aromatic nitrogens is 5. The van der Waals surface area contributed by atoms with Crippen molar-refractivity contribution < 1.29 is 29.3 Å². The quantitative estimate of drug-likeness (QED) is 0.0640. The van der Waals surface area contributed by atoms with Gasteiger partial charge in [0.1, 0.15) is 23.1 Å². The summed E-state index contributed by atoms with van der Waals surface area (Å²) >= 11 is 31.8. The molecule has 0 spiro atoms. The molecule has 5 unspecified atom stereocenters. The molecule has 20 heteroatoms. The summed E-state index contributed by atoms with van der Waals surface area (Å²) in [7, 11) is 1.74. The number of hydrogen-bond donors (Lipinski definition) is 4. The van der Waals surface area contributed by atoms with Crippen molar-refractivity contribution in [1.29, 1.82) is 0 Å². The number of nitrogens with one attached hydrogen (secondary N) is 2. The van der Waals surface area contributed by atoms with Gasteiger partial charge in [-0.25, -0.2) is 9.97 Å². The van der Waals surface area contributed by atoms with Crippen LogP contribution in [-0.2, 0) is 22.6 Å². The van der Waals surface area contributed by atoms with E-state index in [1.165, 1.54) is 23.2 Å². The summed E-state index contributed by atoms with van der Waals surface area (Å²) in [5.41, 5.74) is 4.35. The van der Waals surface area contributed by atoms with Gasteiger partial charge in [-0.15, -0.1) is 23.2 Å². The molecular weight excluding hydrogens is 1210 g/mol. The van der Waals surface area contributed by atoms with E-state index < -0.39 is 21.5 Å². The van der Waals surface area contributed by atoms with Gasteiger partial charge in [0.25, 0.3) is 17.0 Å². The zero-order chi connectivity index (χ0) is 62.2. The molecule has 86 heavy (non-hydrogen) atoms. The third-order valence-electron chi connectivity index (χ3n) is 15.2. The molecule has 14 nitrogen and oxygen atoms in total. The monoisotopic (exact) mass is 1280 g/mol. The third-order valence-corrected chi connectivity index (χ3v) is 18.2. The number of hydrogen-bond acceptors (Lipinski definition) is 11. The number of fused-ring (bicyclic) bond motifs is 1. The molecule has 1 aliphatic rings. The molecule has 3 amide bonds. The number of aryl methyl sites for hydroxylation is 1. The predicted molar refractivity (Wildman–Crippen MR) is 348 cm³/mol. The van der Waals surface area contributed by atoms with Crippen molar-refractivity contribution in [3.05, 3.63) is 232 Å². The highest BCUT2D eigenvalue weighted by Crippen LogP contribution is 2.70. The van der Waals surface area contributed by atoms with Crippen LogP contribution in [0.25, 0.3) is 10.2 Å². The number of halogens is 5. The summed E-state index contributed by atoms with van der Waals surface area (Å²) in [5.74, 6) is -0.512. The Morgan fingerprint density at radius 2 is 1.38 bits per heavy atom. The van der Waals surface area contributed by atoms with Gasteiger partial charge >= 0.3 is 0 Å². The number of carbonyl (C=O) groups excluding carboxylic acids is 3. The fraction of sp³-hybridized carbons (Fsp3) is 0.288. The standard InChI is InChI=1S/C19H15ClN2O2.C16H22ClN3O.C16H14N2O2S.C15H18Cl3NO/c20-15-6-7-17(22-19(24)14-8-10-21-11-9-14)16(12-15)18(23)13-4-2-1-3-5-13;1-15(2,3)16(21,10-20-12-18-11-19-20)9-8-13-4-6-14(17)7-5-13;1-18(12-7-3-2-4-8-12)15(19)11-20-16-17-13-9-5-6-10-14(13)21-16;1-4-14(10(3)15(14,17)18)13(20)19-9(2)11-5-7-12(16)8-6-11/h1-12,18,23H,(H,22,24);4-7,11-12,21H,8-10H2,1-3H3;2-10H,11H2,1H3;5-10H,4H2,1-3H3,(H,19,20). The predicted octanol–water partition coefficient (Wildman–Crippen LogP) is 15.5. The van der Waals surface area contributed by atoms with Crippen LogP contribution in [0.15, 0.2) is 189 Å². The number of nitrogens with zero attached hydrogens (tertiary/aromatic N) is 6. The van der Waals surface area contributed by atoms with E-state index in [9.17, 15) is 24.6 Å². The minimum absolute atomic E-state index is 0.0226. The van der Waals surface area contributed by atoms with Gasteiger partial charge in [-0.3, -0.25) is 24.0 Å². The maximum atomic E-state index is 12.5. The van der Waals surface area contributed by atoms with Crippen molar-refractivity contribution in [3.8, 4) is 5.19 Å². The van der Waals surface area contributed by atoms with Crippen LogP contribution in [0.5, 0.6) is 5.19 Å². The van der Waals surface area contributed by atoms with Gasteiger partial charge in [0.15, 0.2) is 6.61 Å². The molecule has 6 aromatic carbocycles. The highest BCUT2D eigenvalue weighted by atomic mass is 35.5. The number of pyridine rings is 1. The van der Waals surface area contributed by atoms with Crippen LogP contribution in [0.1, 0.15) is 99.1 Å². The van der Waals surface area contributed by atoms with Crippen molar-refractivity contribution in [3.63, 3.8) is 0 Å². The number of benzene rings is 6. The summed E-state index contributed by atoms with van der Waals surface area (Å²) in [6, 6.07) is 49.8. The Bertz CT molecular complexity index is 3590. The van der Waals surface area contributed by atoms with Gasteiger partial charge in [0, 0.05) is 62.9 Å². The molecule has 0 saturated heterocycles. The van der Waals surface area contributed by atoms with Gasteiger partial charge in [-0.1, -0.05) is 166 Å². The second-order valence-electron chi connectivity index (χ2n) is 21.7. The molecule has 5 atom stereocenters. The minimum atomic E-state index is -0.967. The van der Waals surface area contributed by atoms with Gasteiger partial charge in [0.2, 0.25) is 5.91 Å². The first-order chi connectivity index (χ1) is 41.0. The zero-order valence-corrected chi connectivity index (χ0v) is 53.3. The van der Waals surface area contributed by atoms with E-state index in [-0.39, 0.29) is 41.7 Å². The molecule has 450 valence electrons. The zero-order valence-electron chi connectivity index (χ0n) is 48.7. The smallest absolute Gasteiger partial charge is 0.274 e. The molecule has 0 bridgehead atoms. The van der Waals surface area contributed by atoms with Crippen molar-refractivity contribution in [2.45, 2.75) is 89.4 Å². The fourth-order valence-electron chi connectivity index (χ4n) is 9.44. The largest absolute Gasteiger partial charge is 0.460 e. The maximum absolute atomic E-state index is 12.5. The molecule has 3 aromatic heterocycles. The molecule has 0 radical (unpaired) electrons. The van der Waals surface area contributed by atoms with Crippen LogP contribution in [0.3, 0.4) is 0 Å². The number of rotatable bonds is 17. The van der Waals surface area contributed by atoms with Crippen LogP contribution in [-0.4, -0.2) is 76.3 Å². The molecular formula is C66H69Cl5N8O6S. The molecule has 1 aliphatic carbocycles. The molecule has 1 saturated carbocycles. The number of likely N-dealkylation sites (N-methyl/N-ethyl adjacent to an activating group) is 1. The van der Waals surface area contributed by atoms with E-state index in [1.807, 2.05) is 175 Å². The van der Waals surface area contributed by atoms with E-state index in [1.54, 1.807) is 65.7 Å². The Morgan fingerprint density at radius 1 is 0.791 bits per heavy atom. The average Bonchev–Trinajstić information content (AvgIpc) is 1.58. The van der Waals surface area contributed by atoms with E-state index in [4.69, 9.17) is 62.7 Å². The van der Waals surface area contributed by atoms with Crippen molar-refractivity contribution >= 4 is 109 Å². The van der Waals surface area contributed by atoms with Crippen LogP contribution in [0, 0.1) is 16.7 Å². The van der Waals surface area contributed by atoms with Crippen LogP contribution in [0.2, 0.25) is 15.1 Å². The normalized spacial score (nSPS) is 16.2. The number of ether oxygens (including phenoxy) is 1. The highest BCUT2D eigenvalue weighted by molar-refractivity contribution is 7.20. The third kappa shape index (κ3) is 17.2. The van der Waals surface area contributed by atoms with E-state index in [0.29, 0.717) is 51.4 Å². The molecule has 10 rings (SSSR count). The van der Waals surface area contributed by atoms with Crippen LogP contribution >= 0.6 is 69.3 Å². The maximum Gasteiger partial charge on any atom is 0.274 e. The Morgan fingerprint density at radius 3 is 1.97 bits per heavy atom. The van der Waals surface area contributed by atoms with Gasteiger partial charge in [-0.05, 0) is 127 Å². The van der Waals surface area contributed by atoms with E-state index in [0.717, 1.165) is 38.5 Å². The van der Waals surface area contributed by atoms with Crippen LogP contribution in [0.4, 0.5) is 11.4 Å². The van der Waals surface area contributed by atoms with E-state index in [2.05, 4.69) is 30.7 Å². The minimum Gasteiger partial charge on any atom is -0.460 e. The Labute approximate surface area is 531 Å². The molecule has 0 aliphatic heterocycles. The number of amides is 3. The topological polar surface area (TPSA) is 185 Å². The van der Waals surface area contributed by atoms with Crippen molar-refractivity contribution in [2.24, 2.45) is 16.7 Å². The summed E-state index contributed by atoms with van der Waals surface area (Å²) in [5, 5.41) is 34.1. The van der Waals surface area contributed by atoms with Gasteiger partial charge in [-0.2, -0.15) is 5.10 Å². The lowest BCUT2D eigenvalue weighted by molar-refractivity contribution is -0.127. The summed E-state index contributed by atoms with van der Waals surface area (Å²) in [6.07, 6.45) is 7.41. The molecule has 3 heterocycles. The average molecular weight is 1280 g/mol. The number of para-hydroxylation sites is 2. The lowest BCUT2D eigenvalue weighted by atomic mass is 9.73. The Balaban J connectivity index is 0.000000164. The Kier molecular flexibility index (Phi) is 23.3. The van der Waals surface area contributed by atoms with Crippen molar-refractivity contribution in [1.82, 2.24) is 30.0 Å². The lowest BCUT2D eigenvalue weighted by Gasteiger charge is -2.40. The summed E-state index contributed by atoms with van der Waals surface area (Å²) in [6.45, 7) is 12.3. The SMILES string of the molecule is CC(C)(C)C(O)(CCc1ccc(Cl)cc1)Cn1cncn1.CCC1(C(=O)NC(C)c2ccc(Cl)cc2)C(C)C1(Cl)Cl.CN(C(=O)COc1nc2ccccc2s1)c1ccccc1.O=C(Nc1ccc(Cl)cc1C(O)c1ccccc1)c1ccncc1. The van der Waals surface area contributed by atoms with Crippen LogP contribution < -0.4 is 20.3 Å². The molecule has 4 N–H and O–H groups in total. The molecule has 9 aromatic rings. The van der Waals surface area contributed by atoms with E-state index >= 15 is 0 Å². The summed E-state index contributed by atoms with van der Waals surface area (Å²) < 4.78 is 7.28. The number of anilines is 2. The van der Waals surface area contributed by atoms with Gasteiger partial charge in [0.05, 0.1) is 33.8 Å². The second-order valence-corrected chi connectivity index (χ2v) is 25.4. The fourth-order valence-corrected chi connectivity index (χ4v) is 11.7. The number of alkyl halides is 2. The number of thiazole rings is 1. The number of carbonyl (C=O) groups is 3. The first kappa shape index (κ1) is 66.6.